The number of rotatable bonds is 15. The van der Waals surface area contributed by atoms with Gasteiger partial charge in [0.05, 0.1) is 11.6 Å². The topological polar surface area (TPSA) is 117 Å². The minimum absolute atomic E-state index is 0.179. The van der Waals surface area contributed by atoms with Gasteiger partial charge in [-0.05, 0) is 61.9 Å². The lowest BCUT2D eigenvalue weighted by Crippen LogP contribution is -2.43. The Morgan fingerprint density at radius 1 is 1.18 bits per heavy atom. The summed E-state index contributed by atoms with van der Waals surface area (Å²) in [5.41, 5.74) is 0.955. The lowest BCUT2D eigenvalue weighted by molar-refractivity contribution is -0.150. The number of carbonyl (C=O) groups excluding carboxylic acids is 1. The van der Waals surface area contributed by atoms with E-state index in [9.17, 15) is 19.1 Å². The second kappa shape index (κ2) is 14.0. The van der Waals surface area contributed by atoms with Crippen LogP contribution in [-0.4, -0.2) is 51.6 Å². The molecular formula is C28H34ClFN4O4. The Morgan fingerprint density at radius 3 is 2.61 bits per heavy atom. The number of amides is 1. The molecule has 0 saturated heterocycles. The highest BCUT2D eigenvalue weighted by Gasteiger charge is 2.36. The Balaban J connectivity index is 1.76. The molecule has 3 aromatic rings. The largest absolute Gasteiger partial charge is 0.481 e. The lowest BCUT2D eigenvalue weighted by atomic mass is 9.79. The van der Waals surface area contributed by atoms with Crippen molar-refractivity contribution in [2.75, 3.05) is 13.2 Å². The van der Waals surface area contributed by atoms with Crippen molar-refractivity contribution >= 4 is 23.5 Å². The molecule has 0 spiro atoms. The molecule has 1 aromatic heterocycles. The van der Waals surface area contributed by atoms with Crippen LogP contribution in [0, 0.1) is 11.2 Å². The van der Waals surface area contributed by atoms with E-state index >= 15 is 0 Å². The van der Waals surface area contributed by atoms with E-state index in [4.69, 9.17) is 16.3 Å². The Kier molecular flexibility index (Phi) is 10.8. The van der Waals surface area contributed by atoms with Gasteiger partial charge in [0.2, 0.25) is 0 Å². The summed E-state index contributed by atoms with van der Waals surface area (Å²) in [4.78, 5) is 25.1. The van der Waals surface area contributed by atoms with Gasteiger partial charge in [-0.15, -0.1) is 5.10 Å². The van der Waals surface area contributed by atoms with Crippen LogP contribution < -0.4 is 5.32 Å². The number of hydrogen-bond acceptors (Lipinski definition) is 5. The summed E-state index contributed by atoms with van der Waals surface area (Å²) in [5, 5.41) is 23.2. The van der Waals surface area contributed by atoms with E-state index in [0.717, 1.165) is 24.8 Å². The summed E-state index contributed by atoms with van der Waals surface area (Å²) in [6.07, 6.45) is 5.24. The Morgan fingerprint density at radius 2 is 1.95 bits per heavy atom. The molecule has 1 amide bonds. The van der Waals surface area contributed by atoms with E-state index in [-0.39, 0.29) is 17.9 Å². The van der Waals surface area contributed by atoms with Gasteiger partial charge in [-0.3, -0.25) is 14.7 Å². The van der Waals surface area contributed by atoms with Crippen LogP contribution >= 0.6 is 11.6 Å². The van der Waals surface area contributed by atoms with Crippen molar-refractivity contribution in [1.29, 1.82) is 0 Å². The zero-order chi connectivity index (χ0) is 27.5. The summed E-state index contributed by atoms with van der Waals surface area (Å²) < 4.78 is 20.0. The zero-order valence-electron chi connectivity index (χ0n) is 21.7. The number of carboxylic acid groups (broad SMARTS) is 1. The average molecular weight is 545 g/mol. The van der Waals surface area contributed by atoms with Gasteiger partial charge in [-0.25, -0.2) is 4.39 Å². The van der Waals surface area contributed by atoms with Crippen molar-refractivity contribution in [3.05, 3.63) is 70.8 Å². The highest BCUT2D eigenvalue weighted by Crippen LogP contribution is 2.31. The first-order valence-electron chi connectivity index (χ1n) is 12.7. The van der Waals surface area contributed by atoms with Gasteiger partial charge in [0.15, 0.2) is 0 Å². The first kappa shape index (κ1) is 29.3. The number of unbranched alkanes of at least 4 members (excludes halogenated alkanes) is 2. The molecule has 204 valence electrons. The number of carboxylic acids is 1. The maximum absolute atomic E-state index is 14.3. The van der Waals surface area contributed by atoms with Gasteiger partial charge in [-0.2, -0.15) is 0 Å². The Hall–Kier alpha value is -3.30. The number of halogens is 2. The third kappa shape index (κ3) is 8.36. The molecule has 3 rings (SSSR count). The van der Waals surface area contributed by atoms with Gasteiger partial charge >= 0.3 is 5.97 Å². The first-order valence-corrected chi connectivity index (χ1v) is 13.1. The first-order chi connectivity index (χ1) is 18.2. The molecule has 38 heavy (non-hydrogen) atoms. The Labute approximate surface area is 226 Å². The molecule has 0 radical (unpaired) electrons. The van der Waals surface area contributed by atoms with Gasteiger partial charge in [0.25, 0.3) is 5.91 Å². The van der Waals surface area contributed by atoms with Crippen molar-refractivity contribution in [1.82, 2.24) is 20.7 Å². The minimum Gasteiger partial charge on any atom is -0.481 e. The van der Waals surface area contributed by atoms with Crippen LogP contribution in [0.5, 0.6) is 0 Å². The fourth-order valence-corrected chi connectivity index (χ4v) is 4.43. The van der Waals surface area contributed by atoms with Crippen molar-refractivity contribution in [3.63, 3.8) is 0 Å². The second-order valence-corrected chi connectivity index (χ2v) is 10.1. The monoisotopic (exact) mass is 544 g/mol. The van der Waals surface area contributed by atoms with Crippen molar-refractivity contribution in [3.8, 4) is 11.1 Å². The minimum atomic E-state index is -1.13. The molecule has 0 aliphatic heterocycles. The van der Waals surface area contributed by atoms with Crippen LogP contribution in [0.3, 0.4) is 0 Å². The zero-order valence-corrected chi connectivity index (χ0v) is 22.4. The van der Waals surface area contributed by atoms with Gasteiger partial charge in [-0.1, -0.05) is 60.8 Å². The number of benzene rings is 2. The van der Waals surface area contributed by atoms with Crippen molar-refractivity contribution in [2.45, 2.75) is 58.4 Å². The Bertz CT molecular complexity index is 1190. The van der Waals surface area contributed by atoms with Crippen LogP contribution in [0.4, 0.5) is 4.39 Å². The predicted molar refractivity (Wildman–Crippen MR) is 144 cm³/mol. The number of carbonyl (C=O) groups is 2. The fourth-order valence-electron chi connectivity index (χ4n) is 4.26. The number of aliphatic carboxylic acids is 1. The number of H-pyrrole nitrogens is 1. The maximum atomic E-state index is 14.3. The van der Waals surface area contributed by atoms with E-state index in [1.54, 1.807) is 25.1 Å². The number of hydrogen-bond donors (Lipinski definition) is 3. The van der Waals surface area contributed by atoms with Crippen LogP contribution in [0.25, 0.3) is 11.1 Å². The molecule has 0 saturated carbocycles. The van der Waals surface area contributed by atoms with E-state index in [1.165, 1.54) is 18.3 Å². The molecule has 8 nitrogen and oxygen atoms in total. The molecule has 0 fully saturated rings. The summed E-state index contributed by atoms with van der Waals surface area (Å²) in [5.74, 6) is -1.76. The molecule has 1 heterocycles. The number of ether oxygens (including phenoxy) is 1. The van der Waals surface area contributed by atoms with Crippen LogP contribution in [0.2, 0.25) is 5.02 Å². The average Bonchev–Trinajstić information content (AvgIpc) is 3.43. The smallest absolute Gasteiger partial charge is 0.309 e. The second-order valence-electron chi connectivity index (χ2n) is 9.71. The van der Waals surface area contributed by atoms with E-state index < -0.39 is 23.3 Å². The van der Waals surface area contributed by atoms with Gasteiger partial charge in [0, 0.05) is 29.8 Å². The van der Waals surface area contributed by atoms with E-state index in [0.29, 0.717) is 42.2 Å². The fraction of sp³-hybridized carbons (Fsp3) is 0.429. The number of aromatic nitrogens is 3. The van der Waals surface area contributed by atoms with Crippen LogP contribution in [0.15, 0.2) is 48.7 Å². The summed E-state index contributed by atoms with van der Waals surface area (Å²) in [6.45, 7) is 4.69. The maximum Gasteiger partial charge on any atom is 0.309 e. The highest BCUT2D eigenvalue weighted by molar-refractivity contribution is 6.30. The molecule has 0 unspecified atom stereocenters. The quantitative estimate of drug-likeness (QED) is 0.212. The van der Waals surface area contributed by atoms with Crippen molar-refractivity contribution < 1.29 is 23.8 Å². The van der Waals surface area contributed by atoms with Gasteiger partial charge in [0.1, 0.15) is 11.5 Å². The van der Waals surface area contributed by atoms with E-state index in [2.05, 4.69) is 27.7 Å². The third-order valence-corrected chi connectivity index (χ3v) is 6.81. The molecule has 2 atom stereocenters. The molecule has 0 bridgehead atoms. The third-order valence-electron chi connectivity index (χ3n) is 6.57. The number of aromatic amines is 1. The highest BCUT2D eigenvalue weighted by atomic mass is 35.5. The molecule has 3 N–H and O–H groups in total. The van der Waals surface area contributed by atoms with Crippen molar-refractivity contribution in [2.24, 2.45) is 5.41 Å². The normalized spacial score (nSPS) is 13.6. The molecule has 2 aromatic carbocycles. The summed E-state index contributed by atoms with van der Waals surface area (Å²) in [6, 6.07) is 11.1. The number of nitrogens with zero attached hydrogens (tertiary/aromatic N) is 2. The molecular weight excluding hydrogens is 511 g/mol. The van der Waals surface area contributed by atoms with E-state index in [1.807, 2.05) is 12.1 Å². The van der Waals surface area contributed by atoms with Crippen LogP contribution in [0.1, 0.15) is 62.0 Å². The molecule has 10 heteroatoms. The summed E-state index contributed by atoms with van der Waals surface area (Å²) >= 11 is 6.04. The number of nitrogens with one attached hydrogen (secondary N) is 2. The predicted octanol–water partition coefficient (Wildman–Crippen LogP) is 5.68. The summed E-state index contributed by atoms with van der Waals surface area (Å²) in [7, 11) is 0. The lowest BCUT2D eigenvalue weighted by Gasteiger charge is -2.30. The SMILES string of the molecule is CCCCCOCC[C@](C)(C[C@@H](Cc1ccc(-c2cc(Cl)ccc2F)cc1)NC(=O)c1cnn[nH]1)C(=O)O. The standard InChI is InChI=1S/C28H34ClFN4O4/c1-3-4-5-13-38-14-12-28(2,27(36)37)17-22(32-26(35)25-18-31-34-33-25)15-19-6-8-20(9-7-19)23-16-21(29)10-11-24(23)30/h6-11,16,18,22H,3-5,12-15,17H2,1-2H3,(H,32,35)(H,36,37)(H,31,33,34)/t22-,28-/m1/s1. The molecule has 0 aliphatic carbocycles. The van der Waals surface area contributed by atoms with Crippen LogP contribution in [-0.2, 0) is 16.0 Å². The van der Waals surface area contributed by atoms with Gasteiger partial charge < -0.3 is 15.2 Å². The molecule has 0 aliphatic rings.